The maximum atomic E-state index is 13.6. The molecule has 0 bridgehead atoms. The van der Waals surface area contributed by atoms with Gasteiger partial charge >= 0.3 is 0 Å². The number of rotatable bonds is 6. The lowest BCUT2D eigenvalue weighted by Gasteiger charge is -2.09. The Kier molecular flexibility index (Phi) is 5.43. The molecule has 0 aliphatic rings. The summed E-state index contributed by atoms with van der Waals surface area (Å²) in [4.78, 5) is 16.4. The number of nitrogens with one attached hydrogen (secondary N) is 2. The summed E-state index contributed by atoms with van der Waals surface area (Å²) in [5.41, 5.74) is 2.34. The van der Waals surface area contributed by atoms with E-state index in [1.165, 1.54) is 12.3 Å². The van der Waals surface area contributed by atoms with Gasteiger partial charge in [-0.1, -0.05) is 18.2 Å². The minimum absolute atomic E-state index is 0.113. The molecule has 0 radical (unpaired) electrons. The van der Waals surface area contributed by atoms with E-state index in [0.29, 0.717) is 16.8 Å². The molecular formula is C20H18FN3O2. The molecule has 1 aromatic heterocycles. The Hall–Kier alpha value is -3.41. The number of halogens is 1. The summed E-state index contributed by atoms with van der Waals surface area (Å²) in [5, 5.41) is 5.87. The molecule has 6 heteroatoms. The van der Waals surface area contributed by atoms with Crippen molar-refractivity contribution >= 4 is 17.3 Å². The van der Waals surface area contributed by atoms with Gasteiger partial charge in [0.1, 0.15) is 11.6 Å². The number of hydrogen-bond acceptors (Lipinski definition) is 4. The largest absolute Gasteiger partial charge is 0.497 e. The van der Waals surface area contributed by atoms with Crippen LogP contribution in [0.1, 0.15) is 15.9 Å². The molecule has 1 heterocycles. The number of pyridine rings is 1. The minimum atomic E-state index is -0.346. The van der Waals surface area contributed by atoms with Crippen molar-refractivity contribution in [1.82, 2.24) is 10.3 Å². The van der Waals surface area contributed by atoms with E-state index in [-0.39, 0.29) is 18.3 Å². The molecule has 2 N–H and O–H groups in total. The predicted molar refractivity (Wildman–Crippen MR) is 98.1 cm³/mol. The highest BCUT2D eigenvalue weighted by Gasteiger charge is 2.09. The number of ether oxygens (including phenoxy) is 1. The van der Waals surface area contributed by atoms with Crippen LogP contribution in [0.15, 0.2) is 67.0 Å². The van der Waals surface area contributed by atoms with Gasteiger partial charge in [-0.25, -0.2) is 4.39 Å². The fourth-order valence-corrected chi connectivity index (χ4v) is 2.39. The summed E-state index contributed by atoms with van der Waals surface area (Å²) in [7, 11) is 1.61. The minimum Gasteiger partial charge on any atom is -0.497 e. The quantitative estimate of drug-likeness (QED) is 0.707. The van der Waals surface area contributed by atoms with Crippen molar-refractivity contribution in [2.45, 2.75) is 6.54 Å². The lowest BCUT2D eigenvalue weighted by molar-refractivity contribution is 0.0950. The lowest BCUT2D eigenvalue weighted by atomic mass is 10.2. The van der Waals surface area contributed by atoms with Gasteiger partial charge in [-0.05, 0) is 36.4 Å². The number of benzene rings is 2. The molecule has 0 spiro atoms. The van der Waals surface area contributed by atoms with Crippen LogP contribution in [-0.2, 0) is 6.54 Å². The molecule has 0 saturated carbocycles. The van der Waals surface area contributed by atoms with E-state index in [4.69, 9.17) is 4.74 Å². The van der Waals surface area contributed by atoms with Crippen LogP contribution in [0.25, 0.3) is 0 Å². The van der Waals surface area contributed by atoms with Crippen molar-refractivity contribution in [2.75, 3.05) is 12.4 Å². The summed E-state index contributed by atoms with van der Waals surface area (Å²) < 4.78 is 18.7. The average Bonchev–Trinajstić information content (AvgIpc) is 2.68. The first-order chi connectivity index (χ1) is 12.7. The molecule has 1 amide bonds. The molecule has 26 heavy (non-hydrogen) atoms. The first-order valence-electron chi connectivity index (χ1n) is 8.03. The van der Waals surface area contributed by atoms with Gasteiger partial charge in [0, 0.05) is 24.0 Å². The topological polar surface area (TPSA) is 63.2 Å². The van der Waals surface area contributed by atoms with Crippen LogP contribution < -0.4 is 15.4 Å². The van der Waals surface area contributed by atoms with Gasteiger partial charge in [-0.3, -0.25) is 9.78 Å². The summed E-state index contributed by atoms with van der Waals surface area (Å²) in [6.07, 6.45) is 3.09. The first kappa shape index (κ1) is 17.4. The number of carbonyl (C=O) groups is 1. The highest BCUT2D eigenvalue weighted by molar-refractivity contribution is 5.94. The molecule has 5 nitrogen and oxygen atoms in total. The Morgan fingerprint density at radius 1 is 1.08 bits per heavy atom. The van der Waals surface area contributed by atoms with Crippen LogP contribution >= 0.6 is 0 Å². The van der Waals surface area contributed by atoms with Crippen LogP contribution in [0.3, 0.4) is 0 Å². The molecule has 3 rings (SSSR count). The Balaban J connectivity index is 1.66. The van der Waals surface area contributed by atoms with Crippen molar-refractivity contribution in [3.63, 3.8) is 0 Å². The summed E-state index contributed by atoms with van der Waals surface area (Å²) >= 11 is 0. The first-order valence-corrected chi connectivity index (χ1v) is 8.03. The molecule has 0 saturated heterocycles. The number of anilines is 2. The molecule has 0 aliphatic heterocycles. The SMILES string of the molecule is COc1ccc(Nc2cncc(C(=O)NCc3ccccc3F)c2)cc1. The number of carbonyl (C=O) groups excluding carboxylic acids is 1. The molecule has 3 aromatic rings. The van der Waals surface area contributed by atoms with Gasteiger partial charge in [-0.2, -0.15) is 0 Å². The van der Waals surface area contributed by atoms with E-state index in [1.54, 1.807) is 37.6 Å². The lowest BCUT2D eigenvalue weighted by Crippen LogP contribution is -2.23. The Labute approximate surface area is 150 Å². The molecule has 0 unspecified atom stereocenters. The molecular weight excluding hydrogens is 333 g/mol. The number of amides is 1. The van der Waals surface area contributed by atoms with Gasteiger partial charge in [0.05, 0.1) is 24.6 Å². The van der Waals surface area contributed by atoms with Crippen LogP contribution in [0.4, 0.5) is 15.8 Å². The van der Waals surface area contributed by atoms with Crippen molar-refractivity contribution in [2.24, 2.45) is 0 Å². The zero-order valence-electron chi connectivity index (χ0n) is 14.2. The monoisotopic (exact) mass is 351 g/mol. The fraction of sp³-hybridized carbons (Fsp3) is 0.100. The summed E-state index contributed by atoms with van der Waals surface area (Å²) in [6, 6.07) is 15.4. The maximum Gasteiger partial charge on any atom is 0.253 e. The number of nitrogens with zero attached hydrogens (tertiary/aromatic N) is 1. The number of aromatic nitrogens is 1. The summed E-state index contributed by atoms with van der Waals surface area (Å²) in [5.74, 6) is 0.0925. The third-order valence-electron chi connectivity index (χ3n) is 3.78. The molecule has 0 aliphatic carbocycles. The number of hydrogen-bond donors (Lipinski definition) is 2. The van der Waals surface area contributed by atoms with Crippen LogP contribution in [0.5, 0.6) is 5.75 Å². The molecule has 0 atom stereocenters. The third-order valence-corrected chi connectivity index (χ3v) is 3.78. The van der Waals surface area contributed by atoms with E-state index < -0.39 is 0 Å². The van der Waals surface area contributed by atoms with Gasteiger partial charge in [0.25, 0.3) is 5.91 Å². The van der Waals surface area contributed by atoms with Gasteiger partial charge < -0.3 is 15.4 Å². The molecule has 0 fully saturated rings. The van der Waals surface area contributed by atoms with Crippen LogP contribution in [-0.4, -0.2) is 18.0 Å². The average molecular weight is 351 g/mol. The molecule has 132 valence electrons. The highest BCUT2D eigenvalue weighted by atomic mass is 19.1. The zero-order valence-corrected chi connectivity index (χ0v) is 14.2. The Morgan fingerprint density at radius 3 is 2.58 bits per heavy atom. The van der Waals surface area contributed by atoms with Crippen LogP contribution in [0, 0.1) is 5.82 Å². The zero-order chi connectivity index (χ0) is 18.4. The van der Waals surface area contributed by atoms with E-state index in [0.717, 1.165) is 11.4 Å². The fourth-order valence-electron chi connectivity index (χ4n) is 2.39. The second-order valence-corrected chi connectivity index (χ2v) is 5.59. The van der Waals surface area contributed by atoms with E-state index in [1.807, 2.05) is 24.3 Å². The smallest absolute Gasteiger partial charge is 0.253 e. The van der Waals surface area contributed by atoms with Crippen molar-refractivity contribution < 1.29 is 13.9 Å². The molecule has 2 aromatic carbocycles. The van der Waals surface area contributed by atoms with Crippen molar-refractivity contribution in [3.8, 4) is 5.75 Å². The second kappa shape index (κ2) is 8.11. The van der Waals surface area contributed by atoms with E-state index in [9.17, 15) is 9.18 Å². The Morgan fingerprint density at radius 2 is 1.85 bits per heavy atom. The van der Waals surface area contributed by atoms with Crippen molar-refractivity contribution in [1.29, 1.82) is 0 Å². The number of methoxy groups -OCH3 is 1. The second-order valence-electron chi connectivity index (χ2n) is 5.59. The van der Waals surface area contributed by atoms with E-state index >= 15 is 0 Å². The summed E-state index contributed by atoms with van der Waals surface area (Å²) in [6.45, 7) is 0.113. The Bertz CT molecular complexity index is 898. The van der Waals surface area contributed by atoms with E-state index in [2.05, 4.69) is 15.6 Å². The highest BCUT2D eigenvalue weighted by Crippen LogP contribution is 2.20. The standard InChI is InChI=1S/C20H18FN3O2/c1-26-18-8-6-16(7-9-18)24-17-10-15(11-22-13-17)20(25)23-12-14-4-2-3-5-19(14)21/h2-11,13,24H,12H2,1H3,(H,23,25). The van der Waals surface area contributed by atoms with Gasteiger partial charge in [-0.15, -0.1) is 0 Å². The maximum absolute atomic E-state index is 13.6. The predicted octanol–water partition coefficient (Wildman–Crippen LogP) is 3.90. The third kappa shape index (κ3) is 4.36. The van der Waals surface area contributed by atoms with Crippen molar-refractivity contribution in [3.05, 3.63) is 83.9 Å². The van der Waals surface area contributed by atoms with Gasteiger partial charge in [0.2, 0.25) is 0 Å². The van der Waals surface area contributed by atoms with Gasteiger partial charge in [0.15, 0.2) is 0 Å². The normalized spacial score (nSPS) is 10.2. The van der Waals surface area contributed by atoms with Crippen LogP contribution in [0.2, 0.25) is 0 Å².